The number of amides is 2. The van der Waals surface area contributed by atoms with Crippen LogP contribution in [0, 0.1) is 6.92 Å². The molecule has 0 bridgehead atoms. The van der Waals surface area contributed by atoms with Crippen LogP contribution in [0.15, 0.2) is 40.9 Å². The van der Waals surface area contributed by atoms with E-state index in [1.165, 1.54) is 0 Å². The molecule has 0 saturated heterocycles. The number of rotatable bonds is 4. The standard InChI is InChI=1S/C15H16BrClN4O2/c1-9-3-2-4-13(21(19)15(22)20-18)11(9)8-23-14-7-10(16)5-6-12(14)17/h2-7H,8,18-19H2,1H3,(H,20,22). The van der Waals surface area contributed by atoms with E-state index in [9.17, 15) is 4.79 Å². The smallest absolute Gasteiger partial charge is 0.350 e. The Balaban J connectivity index is 2.29. The molecule has 2 rings (SSSR count). The van der Waals surface area contributed by atoms with Crippen molar-refractivity contribution in [1.29, 1.82) is 0 Å². The number of nitrogens with two attached hydrogens (primary N) is 2. The Morgan fingerprint density at radius 2 is 2.13 bits per heavy atom. The molecule has 2 aromatic carbocycles. The maximum Gasteiger partial charge on any atom is 0.350 e. The first-order chi connectivity index (χ1) is 10.9. The molecule has 0 saturated carbocycles. The molecule has 0 spiro atoms. The van der Waals surface area contributed by atoms with Gasteiger partial charge in [-0.1, -0.05) is 39.7 Å². The zero-order valence-corrected chi connectivity index (χ0v) is 14.7. The molecule has 8 heteroatoms. The van der Waals surface area contributed by atoms with Crippen molar-refractivity contribution in [3.05, 3.63) is 57.0 Å². The third-order valence-electron chi connectivity index (χ3n) is 3.25. The third kappa shape index (κ3) is 4.14. The largest absolute Gasteiger partial charge is 0.487 e. The molecular weight excluding hydrogens is 384 g/mol. The minimum atomic E-state index is -0.627. The van der Waals surface area contributed by atoms with Crippen molar-refractivity contribution in [3.8, 4) is 5.75 Å². The van der Waals surface area contributed by atoms with Gasteiger partial charge in [0.25, 0.3) is 0 Å². The van der Waals surface area contributed by atoms with Crippen LogP contribution >= 0.6 is 27.5 Å². The summed E-state index contributed by atoms with van der Waals surface area (Å²) in [5.74, 6) is 11.4. The lowest BCUT2D eigenvalue weighted by molar-refractivity contribution is 0.246. The first-order valence-electron chi connectivity index (χ1n) is 6.65. The van der Waals surface area contributed by atoms with Gasteiger partial charge in [-0.25, -0.2) is 21.5 Å². The SMILES string of the molecule is Cc1cccc(N(N)C(=O)NN)c1COc1cc(Br)ccc1Cl. The molecule has 0 radical (unpaired) electrons. The predicted molar refractivity (Wildman–Crippen MR) is 94.0 cm³/mol. The lowest BCUT2D eigenvalue weighted by Crippen LogP contribution is -2.48. The van der Waals surface area contributed by atoms with Crippen molar-refractivity contribution in [2.24, 2.45) is 11.7 Å². The minimum Gasteiger partial charge on any atom is -0.487 e. The highest BCUT2D eigenvalue weighted by molar-refractivity contribution is 9.10. The van der Waals surface area contributed by atoms with Crippen LogP contribution in [-0.4, -0.2) is 6.03 Å². The molecule has 2 aromatic rings. The summed E-state index contributed by atoms with van der Waals surface area (Å²) in [4.78, 5) is 11.6. The van der Waals surface area contributed by atoms with Gasteiger partial charge in [0.15, 0.2) is 0 Å². The second-order valence-electron chi connectivity index (χ2n) is 4.76. The van der Waals surface area contributed by atoms with Crippen molar-refractivity contribution in [3.63, 3.8) is 0 Å². The fourth-order valence-corrected chi connectivity index (χ4v) is 2.53. The van der Waals surface area contributed by atoms with E-state index in [1.807, 2.05) is 24.5 Å². The fourth-order valence-electron chi connectivity index (χ4n) is 2.02. The van der Waals surface area contributed by atoms with Crippen LogP contribution in [-0.2, 0) is 6.61 Å². The maximum absolute atomic E-state index is 11.6. The van der Waals surface area contributed by atoms with Gasteiger partial charge in [-0.2, -0.15) is 0 Å². The average Bonchev–Trinajstić information content (AvgIpc) is 2.55. The number of carbonyl (C=O) groups is 1. The van der Waals surface area contributed by atoms with Crippen LogP contribution in [0.4, 0.5) is 10.5 Å². The number of anilines is 1. The lowest BCUT2D eigenvalue weighted by atomic mass is 10.1. The molecule has 0 aliphatic rings. The molecular formula is C15H16BrClN4O2. The number of halogens is 2. The van der Waals surface area contributed by atoms with Gasteiger partial charge in [0.2, 0.25) is 0 Å². The summed E-state index contributed by atoms with van der Waals surface area (Å²) in [6.45, 7) is 2.10. The van der Waals surface area contributed by atoms with Gasteiger partial charge >= 0.3 is 6.03 Å². The Kier molecular flexibility index (Phi) is 5.84. The van der Waals surface area contributed by atoms with E-state index in [0.29, 0.717) is 16.5 Å². The summed E-state index contributed by atoms with van der Waals surface area (Å²) in [5.41, 5.74) is 4.18. The van der Waals surface area contributed by atoms with Gasteiger partial charge < -0.3 is 4.74 Å². The molecule has 2 amide bonds. The van der Waals surface area contributed by atoms with Crippen molar-refractivity contribution < 1.29 is 9.53 Å². The quantitative estimate of drug-likeness (QED) is 0.418. The molecule has 0 heterocycles. The number of hydrazine groups is 2. The number of urea groups is 1. The zero-order valence-electron chi connectivity index (χ0n) is 12.3. The van der Waals surface area contributed by atoms with Crippen molar-refractivity contribution in [1.82, 2.24) is 5.43 Å². The second-order valence-corrected chi connectivity index (χ2v) is 6.08. The van der Waals surface area contributed by atoms with Crippen molar-refractivity contribution in [2.75, 3.05) is 5.01 Å². The third-order valence-corrected chi connectivity index (χ3v) is 4.06. The number of carbonyl (C=O) groups excluding carboxylic acids is 1. The Morgan fingerprint density at radius 3 is 2.83 bits per heavy atom. The first kappa shape index (κ1) is 17.6. The van der Waals surface area contributed by atoms with Crippen LogP contribution in [0.25, 0.3) is 0 Å². The number of nitrogens with zero attached hydrogens (tertiary/aromatic N) is 1. The molecule has 0 aliphatic heterocycles. The molecule has 0 unspecified atom stereocenters. The highest BCUT2D eigenvalue weighted by atomic mass is 79.9. The van der Waals surface area contributed by atoms with Crippen LogP contribution in [0.5, 0.6) is 5.75 Å². The van der Waals surface area contributed by atoms with E-state index in [4.69, 9.17) is 28.0 Å². The van der Waals surface area contributed by atoms with Crippen LogP contribution in [0.1, 0.15) is 11.1 Å². The number of ether oxygens (including phenoxy) is 1. The van der Waals surface area contributed by atoms with Crippen LogP contribution in [0.2, 0.25) is 5.02 Å². The van der Waals surface area contributed by atoms with E-state index < -0.39 is 6.03 Å². The summed E-state index contributed by atoms with van der Waals surface area (Å²) < 4.78 is 6.63. The summed E-state index contributed by atoms with van der Waals surface area (Å²) >= 11 is 9.49. The molecule has 0 fully saturated rings. The van der Waals surface area contributed by atoms with Crippen molar-refractivity contribution >= 4 is 39.2 Å². The van der Waals surface area contributed by atoms with Gasteiger partial charge in [-0.05, 0) is 36.8 Å². The highest BCUT2D eigenvalue weighted by Gasteiger charge is 2.16. The van der Waals surface area contributed by atoms with Crippen LogP contribution < -0.4 is 26.9 Å². The van der Waals surface area contributed by atoms with E-state index in [1.54, 1.807) is 24.3 Å². The van der Waals surface area contributed by atoms with E-state index >= 15 is 0 Å². The molecule has 0 aliphatic carbocycles. The highest BCUT2D eigenvalue weighted by Crippen LogP contribution is 2.30. The minimum absolute atomic E-state index is 0.198. The lowest BCUT2D eigenvalue weighted by Gasteiger charge is -2.21. The van der Waals surface area contributed by atoms with Gasteiger partial charge in [0.1, 0.15) is 12.4 Å². The Bertz CT molecular complexity index is 727. The van der Waals surface area contributed by atoms with Crippen LogP contribution in [0.3, 0.4) is 0 Å². The van der Waals surface area contributed by atoms with Crippen molar-refractivity contribution in [2.45, 2.75) is 13.5 Å². The summed E-state index contributed by atoms with van der Waals surface area (Å²) in [6, 6.07) is 10.1. The Labute approximate surface area is 147 Å². The first-order valence-corrected chi connectivity index (χ1v) is 7.83. The average molecular weight is 400 g/mol. The molecule has 23 heavy (non-hydrogen) atoms. The Hall–Kier alpha value is -1.80. The molecule has 122 valence electrons. The van der Waals surface area contributed by atoms with E-state index in [2.05, 4.69) is 15.9 Å². The van der Waals surface area contributed by atoms with E-state index in [-0.39, 0.29) is 6.61 Å². The monoisotopic (exact) mass is 398 g/mol. The number of aryl methyl sites for hydroxylation is 1. The Morgan fingerprint density at radius 1 is 1.39 bits per heavy atom. The fraction of sp³-hybridized carbons (Fsp3) is 0.133. The van der Waals surface area contributed by atoms with E-state index in [0.717, 1.165) is 20.6 Å². The summed E-state index contributed by atoms with van der Waals surface area (Å²) in [7, 11) is 0. The summed E-state index contributed by atoms with van der Waals surface area (Å²) in [6.07, 6.45) is 0. The molecule has 5 N–H and O–H groups in total. The van der Waals surface area contributed by atoms with Gasteiger partial charge in [0.05, 0.1) is 10.7 Å². The normalized spacial score (nSPS) is 10.3. The molecule has 0 aromatic heterocycles. The zero-order chi connectivity index (χ0) is 17.0. The van der Waals surface area contributed by atoms with Gasteiger partial charge in [-0.3, -0.25) is 5.43 Å². The number of hydrogen-bond donors (Lipinski definition) is 3. The number of nitrogens with one attached hydrogen (secondary N) is 1. The molecule has 6 nitrogen and oxygen atoms in total. The molecule has 0 atom stereocenters. The van der Waals surface area contributed by atoms with Gasteiger partial charge in [0, 0.05) is 10.0 Å². The topological polar surface area (TPSA) is 93.6 Å². The van der Waals surface area contributed by atoms with Gasteiger partial charge in [-0.15, -0.1) is 0 Å². The number of benzene rings is 2. The number of hydrogen-bond acceptors (Lipinski definition) is 4. The second kappa shape index (κ2) is 7.65. The maximum atomic E-state index is 11.6. The summed E-state index contributed by atoms with van der Waals surface area (Å²) in [5, 5.41) is 1.43. The predicted octanol–water partition coefficient (Wildman–Crippen LogP) is 3.25.